The normalized spacial score (nSPS) is 43.7. The molecule has 1 heteroatoms. The maximum absolute atomic E-state index is 9.30. The molecule has 1 aliphatic carbocycles. The molecule has 54 valence electrons. The number of rotatable bonds is 1. The van der Waals surface area contributed by atoms with Crippen molar-refractivity contribution in [2.75, 3.05) is 0 Å². The summed E-state index contributed by atoms with van der Waals surface area (Å²) in [6, 6.07) is 0. The monoisotopic (exact) mass is 128 g/mol. The summed E-state index contributed by atoms with van der Waals surface area (Å²) in [6.07, 6.45) is 3.51. The zero-order chi connectivity index (χ0) is 6.85. The van der Waals surface area contributed by atoms with Crippen LogP contribution in [0.15, 0.2) is 0 Å². The van der Waals surface area contributed by atoms with Crippen LogP contribution in [-0.2, 0) is 0 Å². The highest BCUT2D eigenvalue weighted by Crippen LogP contribution is 2.32. The standard InChI is InChI=1S/C8H16O/c1-3-7-4-6(2)8(9)5-7/h6-9H,3-5H2,1-2H3/t6-,7?,8-/m0/s1. The maximum atomic E-state index is 9.30. The van der Waals surface area contributed by atoms with Crippen molar-refractivity contribution in [3.05, 3.63) is 0 Å². The lowest BCUT2D eigenvalue weighted by Crippen LogP contribution is -2.08. The van der Waals surface area contributed by atoms with Crippen molar-refractivity contribution in [2.24, 2.45) is 11.8 Å². The Balaban J connectivity index is 2.35. The molecule has 1 saturated carbocycles. The largest absolute Gasteiger partial charge is 0.393 e. The van der Waals surface area contributed by atoms with Gasteiger partial charge in [0.05, 0.1) is 6.10 Å². The first kappa shape index (κ1) is 7.07. The van der Waals surface area contributed by atoms with Crippen molar-refractivity contribution >= 4 is 0 Å². The van der Waals surface area contributed by atoms with Gasteiger partial charge in [-0.25, -0.2) is 0 Å². The van der Waals surface area contributed by atoms with Crippen molar-refractivity contribution in [3.63, 3.8) is 0 Å². The lowest BCUT2D eigenvalue weighted by Gasteiger charge is -2.04. The summed E-state index contributed by atoms with van der Waals surface area (Å²) in [6.45, 7) is 4.34. The Morgan fingerprint density at radius 1 is 1.44 bits per heavy atom. The van der Waals surface area contributed by atoms with Crippen molar-refractivity contribution in [1.82, 2.24) is 0 Å². The summed E-state index contributed by atoms with van der Waals surface area (Å²) in [7, 11) is 0. The first-order valence-electron chi connectivity index (χ1n) is 3.92. The lowest BCUT2D eigenvalue weighted by atomic mass is 10.0. The van der Waals surface area contributed by atoms with Gasteiger partial charge in [0, 0.05) is 0 Å². The molecule has 0 saturated heterocycles. The molecule has 0 aliphatic heterocycles. The van der Waals surface area contributed by atoms with E-state index in [4.69, 9.17) is 0 Å². The van der Waals surface area contributed by atoms with Crippen molar-refractivity contribution in [3.8, 4) is 0 Å². The zero-order valence-electron chi connectivity index (χ0n) is 6.30. The van der Waals surface area contributed by atoms with E-state index in [1.807, 2.05) is 0 Å². The third-order valence-corrected chi connectivity index (χ3v) is 2.51. The zero-order valence-corrected chi connectivity index (χ0v) is 6.30. The average molecular weight is 128 g/mol. The second-order valence-corrected chi connectivity index (χ2v) is 3.29. The summed E-state index contributed by atoms with van der Waals surface area (Å²) in [5, 5.41) is 9.30. The fourth-order valence-corrected chi connectivity index (χ4v) is 1.69. The minimum atomic E-state index is -0.00468. The molecule has 0 aromatic carbocycles. The Morgan fingerprint density at radius 3 is 2.33 bits per heavy atom. The minimum Gasteiger partial charge on any atom is -0.393 e. The van der Waals surface area contributed by atoms with Crippen LogP contribution in [-0.4, -0.2) is 11.2 Å². The molecule has 1 N–H and O–H groups in total. The molecule has 0 aromatic heterocycles. The van der Waals surface area contributed by atoms with E-state index in [0.717, 1.165) is 12.3 Å². The SMILES string of the molecule is CCC1C[C@H](C)[C@@H](O)C1. The first-order chi connectivity index (χ1) is 4.24. The molecule has 0 bridgehead atoms. The summed E-state index contributed by atoms with van der Waals surface area (Å²) in [5.74, 6) is 1.35. The Morgan fingerprint density at radius 2 is 2.11 bits per heavy atom. The van der Waals surface area contributed by atoms with Gasteiger partial charge in [0.25, 0.3) is 0 Å². The van der Waals surface area contributed by atoms with Gasteiger partial charge in [-0.05, 0) is 24.7 Å². The second-order valence-electron chi connectivity index (χ2n) is 3.29. The second kappa shape index (κ2) is 2.70. The summed E-state index contributed by atoms with van der Waals surface area (Å²) >= 11 is 0. The van der Waals surface area contributed by atoms with Crippen LogP contribution in [0.4, 0.5) is 0 Å². The number of hydrogen-bond donors (Lipinski definition) is 1. The van der Waals surface area contributed by atoms with E-state index in [2.05, 4.69) is 13.8 Å². The molecule has 0 spiro atoms. The van der Waals surface area contributed by atoms with Gasteiger partial charge in [0.1, 0.15) is 0 Å². The van der Waals surface area contributed by atoms with Crippen molar-refractivity contribution in [2.45, 2.75) is 39.2 Å². The highest BCUT2D eigenvalue weighted by Gasteiger charge is 2.27. The molecule has 3 atom stereocenters. The third-order valence-electron chi connectivity index (χ3n) is 2.51. The van der Waals surface area contributed by atoms with Crippen LogP contribution in [0, 0.1) is 11.8 Å². The molecule has 1 nitrogen and oxygen atoms in total. The molecular weight excluding hydrogens is 112 g/mol. The average Bonchev–Trinajstić information content (AvgIpc) is 2.13. The first-order valence-corrected chi connectivity index (χ1v) is 3.92. The lowest BCUT2D eigenvalue weighted by molar-refractivity contribution is 0.139. The quantitative estimate of drug-likeness (QED) is 0.571. The van der Waals surface area contributed by atoms with Gasteiger partial charge in [-0.2, -0.15) is 0 Å². The predicted molar refractivity (Wildman–Crippen MR) is 38.2 cm³/mol. The minimum absolute atomic E-state index is 0.00468. The Kier molecular flexibility index (Phi) is 2.12. The highest BCUT2D eigenvalue weighted by molar-refractivity contribution is 4.79. The van der Waals surface area contributed by atoms with E-state index in [1.54, 1.807) is 0 Å². The van der Waals surface area contributed by atoms with Crippen LogP contribution >= 0.6 is 0 Å². The molecule has 1 aliphatic rings. The van der Waals surface area contributed by atoms with E-state index in [-0.39, 0.29) is 6.10 Å². The van der Waals surface area contributed by atoms with Crippen LogP contribution in [0.3, 0.4) is 0 Å². The molecule has 1 fully saturated rings. The molecule has 0 amide bonds. The topological polar surface area (TPSA) is 20.2 Å². The van der Waals surface area contributed by atoms with Crippen LogP contribution < -0.4 is 0 Å². The molecule has 9 heavy (non-hydrogen) atoms. The van der Waals surface area contributed by atoms with Gasteiger partial charge < -0.3 is 5.11 Å². The Hall–Kier alpha value is -0.0400. The van der Waals surface area contributed by atoms with E-state index in [0.29, 0.717) is 5.92 Å². The van der Waals surface area contributed by atoms with Crippen LogP contribution in [0.1, 0.15) is 33.1 Å². The molecule has 1 rings (SSSR count). The molecule has 0 aromatic rings. The van der Waals surface area contributed by atoms with E-state index < -0.39 is 0 Å². The number of hydrogen-bond acceptors (Lipinski definition) is 1. The van der Waals surface area contributed by atoms with Crippen LogP contribution in [0.25, 0.3) is 0 Å². The van der Waals surface area contributed by atoms with E-state index >= 15 is 0 Å². The van der Waals surface area contributed by atoms with Gasteiger partial charge >= 0.3 is 0 Å². The number of aliphatic hydroxyl groups excluding tert-OH is 1. The fourth-order valence-electron chi connectivity index (χ4n) is 1.69. The van der Waals surface area contributed by atoms with E-state index in [9.17, 15) is 5.11 Å². The van der Waals surface area contributed by atoms with Crippen LogP contribution in [0.5, 0.6) is 0 Å². The smallest absolute Gasteiger partial charge is 0.0568 e. The Bertz CT molecular complexity index is 80.6. The molecule has 0 heterocycles. The molecule has 0 radical (unpaired) electrons. The number of aliphatic hydroxyl groups is 1. The van der Waals surface area contributed by atoms with E-state index in [1.165, 1.54) is 12.8 Å². The molecular formula is C8H16O. The highest BCUT2D eigenvalue weighted by atomic mass is 16.3. The van der Waals surface area contributed by atoms with Crippen LogP contribution in [0.2, 0.25) is 0 Å². The van der Waals surface area contributed by atoms with Gasteiger partial charge in [-0.3, -0.25) is 0 Å². The van der Waals surface area contributed by atoms with Gasteiger partial charge in [0.2, 0.25) is 0 Å². The van der Waals surface area contributed by atoms with Crippen molar-refractivity contribution < 1.29 is 5.11 Å². The summed E-state index contributed by atoms with van der Waals surface area (Å²) < 4.78 is 0. The Labute approximate surface area is 57.1 Å². The van der Waals surface area contributed by atoms with Gasteiger partial charge in [-0.1, -0.05) is 20.3 Å². The maximum Gasteiger partial charge on any atom is 0.0568 e. The predicted octanol–water partition coefficient (Wildman–Crippen LogP) is 1.80. The fraction of sp³-hybridized carbons (Fsp3) is 1.00. The third kappa shape index (κ3) is 1.45. The summed E-state index contributed by atoms with van der Waals surface area (Å²) in [5.41, 5.74) is 0. The van der Waals surface area contributed by atoms with Crippen molar-refractivity contribution in [1.29, 1.82) is 0 Å². The summed E-state index contributed by atoms with van der Waals surface area (Å²) in [4.78, 5) is 0. The van der Waals surface area contributed by atoms with Gasteiger partial charge in [-0.15, -0.1) is 0 Å². The van der Waals surface area contributed by atoms with Gasteiger partial charge in [0.15, 0.2) is 0 Å². The molecule has 1 unspecified atom stereocenters.